The van der Waals surface area contributed by atoms with E-state index in [4.69, 9.17) is 22.1 Å². The fraction of sp³-hybridized carbons (Fsp3) is 0.250. The second kappa shape index (κ2) is 5.14. The van der Waals surface area contributed by atoms with E-state index < -0.39 is 0 Å². The molecule has 1 aromatic heterocycles. The first-order valence-electron chi connectivity index (χ1n) is 5.19. The Morgan fingerprint density at radius 2 is 2.19 bits per heavy atom. The van der Waals surface area contributed by atoms with E-state index in [2.05, 4.69) is 4.98 Å². The lowest BCUT2D eigenvalue weighted by Crippen LogP contribution is -2.06. The molecule has 0 amide bonds. The number of nitrogens with two attached hydrogens (primary N) is 1. The third-order valence-electron chi connectivity index (χ3n) is 2.27. The molecule has 2 aromatic rings. The molecule has 0 aliphatic rings. The van der Waals surface area contributed by atoms with E-state index in [-0.39, 0.29) is 0 Å². The number of ether oxygens (including phenoxy) is 1. The lowest BCUT2D eigenvalue weighted by molar-refractivity contribution is 0.316. The fourth-order valence-corrected chi connectivity index (χ4v) is 1.70. The maximum Gasteiger partial charge on any atom is 0.164 e. The van der Waals surface area contributed by atoms with Crippen LogP contribution in [0.5, 0.6) is 5.75 Å². The van der Waals surface area contributed by atoms with Gasteiger partial charge in [-0.3, -0.25) is 4.98 Å². The SMILES string of the molecule is NCCCOc1c(Cl)ccc2cccnc12. The zero-order chi connectivity index (χ0) is 11.4. The van der Waals surface area contributed by atoms with Gasteiger partial charge in [0.25, 0.3) is 0 Å². The maximum absolute atomic E-state index is 6.09. The van der Waals surface area contributed by atoms with Crippen LogP contribution in [-0.2, 0) is 0 Å². The molecular formula is C12H13ClN2O. The van der Waals surface area contributed by atoms with Gasteiger partial charge in [0.05, 0.1) is 11.6 Å². The van der Waals surface area contributed by atoms with Gasteiger partial charge in [0.1, 0.15) is 5.52 Å². The first kappa shape index (κ1) is 11.2. The molecule has 1 aromatic carbocycles. The van der Waals surface area contributed by atoms with Gasteiger partial charge in [-0.2, -0.15) is 0 Å². The van der Waals surface area contributed by atoms with Crippen molar-refractivity contribution >= 4 is 22.5 Å². The highest BCUT2D eigenvalue weighted by Gasteiger charge is 2.07. The molecule has 0 atom stereocenters. The molecule has 0 radical (unpaired) electrons. The second-order valence-corrected chi connectivity index (χ2v) is 3.85. The molecule has 2 N–H and O–H groups in total. The molecule has 0 aliphatic heterocycles. The second-order valence-electron chi connectivity index (χ2n) is 3.44. The Balaban J connectivity index is 2.37. The molecule has 0 spiro atoms. The molecule has 4 heteroatoms. The van der Waals surface area contributed by atoms with Crippen LogP contribution >= 0.6 is 11.6 Å². The molecule has 3 nitrogen and oxygen atoms in total. The van der Waals surface area contributed by atoms with E-state index in [0.717, 1.165) is 17.3 Å². The Kier molecular flexibility index (Phi) is 3.59. The number of rotatable bonds is 4. The summed E-state index contributed by atoms with van der Waals surface area (Å²) in [4.78, 5) is 4.28. The lowest BCUT2D eigenvalue weighted by atomic mass is 10.2. The van der Waals surface area contributed by atoms with Gasteiger partial charge in [0.15, 0.2) is 5.75 Å². The number of benzene rings is 1. The summed E-state index contributed by atoms with van der Waals surface area (Å²) < 4.78 is 5.62. The summed E-state index contributed by atoms with van der Waals surface area (Å²) in [6.07, 6.45) is 2.54. The highest BCUT2D eigenvalue weighted by Crippen LogP contribution is 2.31. The molecule has 0 aliphatic carbocycles. The van der Waals surface area contributed by atoms with Crippen molar-refractivity contribution in [3.8, 4) is 5.75 Å². The Bertz CT molecular complexity index is 487. The third kappa shape index (κ3) is 2.26. The van der Waals surface area contributed by atoms with Crippen molar-refractivity contribution in [1.82, 2.24) is 4.98 Å². The van der Waals surface area contributed by atoms with Gasteiger partial charge < -0.3 is 10.5 Å². The minimum absolute atomic E-state index is 0.561. The summed E-state index contributed by atoms with van der Waals surface area (Å²) in [7, 11) is 0. The van der Waals surface area contributed by atoms with Crippen molar-refractivity contribution in [1.29, 1.82) is 0 Å². The van der Waals surface area contributed by atoms with Crippen molar-refractivity contribution in [2.75, 3.05) is 13.2 Å². The van der Waals surface area contributed by atoms with Crippen LogP contribution < -0.4 is 10.5 Å². The summed E-state index contributed by atoms with van der Waals surface area (Å²) >= 11 is 6.09. The van der Waals surface area contributed by atoms with Crippen LogP contribution in [0.2, 0.25) is 5.02 Å². The molecule has 84 valence electrons. The van der Waals surface area contributed by atoms with Crippen molar-refractivity contribution in [2.24, 2.45) is 5.73 Å². The lowest BCUT2D eigenvalue weighted by Gasteiger charge is -2.09. The van der Waals surface area contributed by atoms with E-state index in [1.54, 1.807) is 6.20 Å². The summed E-state index contributed by atoms with van der Waals surface area (Å²) in [6.45, 7) is 1.17. The van der Waals surface area contributed by atoms with Crippen molar-refractivity contribution in [3.63, 3.8) is 0 Å². The van der Waals surface area contributed by atoms with Crippen molar-refractivity contribution < 1.29 is 4.74 Å². The Labute approximate surface area is 99.2 Å². The summed E-state index contributed by atoms with van der Waals surface area (Å²) in [5, 5.41) is 1.61. The van der Waals surface area contributed by atoms with Gasteiger partial charge in [-0.15, -0.1) is 0 Å². The van der Waals surface area contributed by atoms with E-state index in [1.807, 2.05) is 24.3 Å². The monoisotopic (exact) mass is 236 g/mol. The van der Waals surface area contributed by atoms with E-state index in [0.29, 0.717) is 23.9 Å². The Morgan fingerprint density at radius 1 is 1.31 bits per heavy atom. The first-order chi connectivity index (χ1) is 7.83. The molecule has 0 unspecified atom stereocenters. The number of pyridine rings is 1. The number of aromatic nitrogens is 1. The van der Waals surface area contributed by atoms with Crippen molar-refractivity contribution in [2.45, 2.75) is 6.42 Å². The van der Waals surface area contributed by atoms with E-state index in [1.165, 1.54) is 0 Å². The van der Waals surface area contributed by atoms with Gasteiger partial charge in [0.2, 0.25) is 0 Å². The zero-order valence-corrected chi connectivity index (χ0v) is 9.57. The first-order valence-corrected chi connectivity index (χ1v) is 5.57. The van der Waals surface area contributed by atoms with Gasteiger partial charge in [-0.05, 0) is 25.1 Å². The van der Waals surface area contributed by atoms with Crippen molar-refractivity contribution in [3.05, 3.63) is 35.5 Å². The van der Waals surface area contributed by atoms with Crippen LogP contribution in [-0.4, -0.2) is 18.1 Å². The van der Waals surface area contributed by atoms with Gasteiger partial charge in [-0.1, -0.05) is 23.7 Å². The van der Waals surface area contributed by atoms with E-state index in [9.17, 15) is 0 Å². The predicted molar refractivity (Wildman–Crippen MR) is 65.9 cm³/mol. The number of halogens is 1. The summed E-state index contributed by atoms with van der Waals surface area (Å²) in [5.74, 6) is 0.646. The topological polar surface area (TPSA) is 48.1 Å². The number of hydrogen-bond donors (Lipinski definition) is 1. The molecule has 0 fully saturated rings. The fourth-order valence-electron chi connectivity index (χ4n) is 1.49. The molecule has 0 bridgehead atoms. The number of nitrogens with zero attached hydrogens (tertiary/aromatic N) is 1. The summed E-state index contributed by atoms with van der Waals surface area (Å²) in [6, 6.07) is 7.62. The third-order valence-corrected chi connectivity index (χ3v) is 2.57. The Hall–Kier alpha value is -1.32. The molecule has 16 heavy (non-hydrogen) atoms. The van der Waals surface area contributed by atoms with Crippen LogP contribution in [0.1, 0.15) is 6.42 Å². The largest absolute Gasteiger partial charge is 0.490 e. The minimum Gasteiger partial charge on any atom is -0.490 e. The standard InChI is InChI=1S/C12H13ClN2O/c13-10-5-4-9-3-1-7-15-11(9)12(10)16-8-2-6-14/h1,3-5,7H,2,6,8,14H2. The minimum atomic E-state index is 0.561. The zero-order valence-electron chi connectivity index (χ0n) is 8.82. The maximum atomic E-state index is 6.09. The number of fused-ring (bicyclic) bond motifs is 1. The van der Waals surface area contributed by atoms with E-state index >= 15 is 0 Å². The summed E-state index contributed by atoms with van der Waals surface area (Å²) in [5.41, 5.74) is 6.21. The average molecular weight is 237 g/mol. The molecule has 0 saturated carbocycles. The Morgan fingerprint density at radius 3 is 3.00 bits per heavy atom. The predicted octanol–water partition coefficient (Wildman–Crippen LogP) is 2.62. The molecular weight excluding hydrogens is 224 g/mol. The van der Waals surface area contributed by atoms with Crippen LogP contribution in [0.25, 0.3) is 10.9 Å². The van der Waals surface area contributed by atoms with Crippen LogP contribution in [0.3, 0.4) is 0 Å². The highest BCUT2D eigenvalue weighted by atomic mass is 35.5. The van der Waals surface area contributed by atoms with Gasteiger partial charge in [-0.25, -0.2) is 0 Å². The normalized spacial score (nSPS) is 10.6. The molecule has 2 rings (SSSR count). The molecule has 1 heterocycles. The van der Waals surface area contributed by atoms with Gasteiger partial charge >= 0.3 is 0 Å². The molecule has 0 saturated heterocycles. The van der Waals surface area contributed by atoms with Gasteiger partial charge in [0, 0.05) is 11.6 Å². The van der Waals surface area contributed by atoms with Crippen LogP contribution in [0, 0.1) is 0 Å². The van der Waals surface area contributed by atoms with Crippen LogP contribution in [0.4, 0.5) is 0 Å². The smallest absolute Gasteiger partial charge is 0.164 e. The van der Waals surface area contributed by atoms with Crippen LogP contribution in [0.15, 0.2) is 30.5 Å². The highest BCUT2D eigenvalue weighted by molar-refractivity contribution is 6.33. The number of hydrogen-bond acceptors (Lipinski definition) is 3. The quantitative estimate of drug-likeness (QED) is 0.831. The average Bonchev–Trinajstić information content (AvgIpc) is 2.32.